The van der Waals surface area contributed by atoms with E-state index in [-0.39, 0.29) is 23.7 Å². The van der Waals surface area contributed by atoms with Crippen molar-refractivity contribution in [2.24, 2.45) is 22.7 Å². The van der Waals surface area contributed by atoms with Gasteiger partial charge in [0.1, 0.15) is 18.3 Å². The number of carbonyl (C=O) groups is 3. The molecule has 7 heteroatoms. The zero-order valence-electron chi connectivity index (χ0n) is 23.5. The Labute approximate surface area is 230 Å². The Balaban J connectivity index is 1.91. The Hall–Kier alpha value is -3.19. The number of hydrogen-bond donors (Lipinski definition) is 1. The molecule has 3 aliphatic carbocycles. The van der Waals surface area contributed by atoms with Gasteiger partial charge in [0, 0.05) is 20.3 Å². The number of allylic oxidation sites excluding steroid dienone is 3. The Morgan fingerprint density at radius 3 is 2.26 bits per heavy atom. The van der Waals surface area contributed by atoms with E-state index < -0.39 is 47.7 Å². The fourth-order valence-electron chi connectivity index (χ4n) is 7.31. The minimum Gasteiger partial charge on any atom is -0.461 e. The van der Waals surface area contributed by atoms with Crippen LogP contribution >= 0.6 is 0 Å². The molecule has 0 radical (unpaired) electrons. The molecular weight excluding hydrogens is 496 g/mol. The van der Waals surface area contributed by atoms with Crippen LogP contribution in [0.3, 0.4) is 0 Å². The van der Waals surface area contributed by atoms with Crippen LogP contribution in [0.25, 0.3) is 0 Å². The van der Waals surface area contributed by atoms with Crippen LogP contribution in [0.15, 0.2) is 66.3 Å². The van der Waals surface area contributed by atoms with E-state index in [1.54, 1.807) is 30.3 Å². The van der Waals surface area contributed by atoms with Gasteiger partial charge >= 0.3 is 17.9 Å². The zero-order chi connectivity index (χ0) is 28.5. The molecule has 8 unspecified atom stereocenters. The van der Waals surface area contributed by atoms with Crippen LogP contribution in [0.2, 0.25) is 0 Å². The molecule has 39 heavy (non-hydrogen) atoms. The van der Waals surface area contributed by atoms with E-state index in [9.17, 15) is 19.5 Å². The second-order valence-electron chi connectivity index (χ2n) is 11.6. The average molecular weight is 537 g/mol. The molecule has 4 rings (SSSR count). The van der Waals surface area contributed by atoms with Gasteiger partial charge in [0.05, 0.1) is 17.1 Å². The summed E-state index contributed by atoms with van der Waals surface area (Å²) in [7, 11) is 0. The number of aliphatic hydroxyl groups is 1. The highest BCUT2D eigenvalue weighted by atomic mass is 16.6. The van der Waals surface area contributed by atoms with Gasteiger partial charge < -0.3 is 19.3 Å². The molecule has 210 valence electrons. The number of aliphatic hydroxyl groups excluding tert-OH is 1. The summed E-state index contributed by atoms with van der Waals surface area (Å²) in [6, 6.07) is 8.81. The summed E-state index contributed by atoms with van der Waals surface area (Å²) in [5.41, 5.74) is 0.830. The van der Waals surface area contributed by atoms with E-state index in [1.807, 2.05) is 19.1 Å². The second-order valence-corrected chi connectivity index (χ2v) is 11.6. The van der Waals surface area contributed by atoms with Gasteiger partial charge in [0.25, 0.3) is 0 Å². The number of benzene rings is 1. The fourth-order valence-corrected chi connectivity index (χ4v) is 7.31. The van der Waals surface area contributed by atoms with Gasteiger partial charge in [-0.2, -0.15) is 0 Å². The summed E-state index contributed by atoms with van der Waals surface area (Å²) >= 11 is 0. The normalized spacial score (nSPS) is 35.6. The molecule has 0 aromatic heterocycles. The first-order valence-electron chi connectivity index (χ1n) is 13.7. The lowest BCUT2D eigenvalue weighted by molar-refractivity contribution is -0.191. The van der Waals surface area contributed by atoms with Crippen molar-refractivity contribution < 1.29 is 33.7 Å². The number of rotatable bonds is 7. The van der Waals surface area contributed by atoms with Crippen LogP contribution in [0.4, 0.5) is 0 Å². The maximum Gasteiger partial charge on any atom is 0.338 e. The lowest BCUT2D eigenvalue weighted by Gasteiger charge is -2.61. The van der Waals surface area contributed by atoms with Crippen molar-refractivity contribution in [3.8, 4) is 0 Å². The SMILES string of the molecule is C=CC(C)=CCC1(C)C(C)CC(OC(=O)c2ccccc2)C23C(=CC(O)CC12)C(OC(C)=O)CC3OC(C)=O. The first-order chi connectivity index (χ1) is 18.4. The highest BCUT2D eigenvalue weighted by molar-refractivity contribution is 5.89. The number of esters is 3. The Morgan fingerprint density at radius 2 is 1.64 bits per heavy atom. The van der Waals surface area contributed by atoms with Gasteiger partial charge in [-0.15, -0.1) is 0 Å². The Kier molecular flexibility index (Phi) is 8.22. The molecule has 0 saturated heterocycles. The summed E-state index contributed by atoms with van der Waals surface area (Å²) in [6.07, 6.45) is 4.69. The van der Waals surface area contributed by atoms with Gasteiger partial charge in [0.15, 0.2) is 0 Å². The molecule has 1 aromatic carbocycles. The Bertz CT molecular complexity index is 1180. The topological polar surface area (TPSA) is 99.1 Å². The van der Waals surface area contributed by atoms with E-state index in [0.717, 1.165) is 5.57 Å². The zero-order valence-corrected chi connectivity index (χ0v) is 23.5. The lowest BCUT2D eigenvalue weighted by Crippen LogP contribution is -2.63. The molecule has 1 spiro atoms. The molecular formula is C32H40O7. The number of hydrogen-bond acceptors (Lipinski definition) is 7. The fraction of sp³-hybridized carbons (Fsp3) is 0.531. The van der Waals surface area contributed by atoms with E-state index >= 15 is 0 Å². The molecule has 8 atom stereocenters. The van der Waals surface area contributed by atoms with Gasteiger partial charge in [-0.3, -0.25) is 9.59 Å². The maximum absolute atomic E-state index is 13.4. The molecule has 0 bridgehead atoms. The van der Waals surface area contributed by atoms with Crippen LogP contribution in [0.1, 0.15) is 70.7 Å². The monoisotopic (exact) mass is 536 g/mol. The van der Waals surface area contributed by atoms with Crippen LogP contribution in [-0.4, -0.2) is 47.4 Å². The van der Waals surface area contributed by atoms with Gasteiger partial charge in [-0.25, -0.2) is 4.79 Å². The average Bonchev–Trinajstić information content (AvgIpc) is 3.17. The standard InChI is InChI=1S/C32H40O7/c1-7-19(2)13-14-31(6)20(3)15-28(39-30(36)23-11-9-8-10-12-23)32-25(16-24(35)17-27(31)32)26(37-21(4)33)18-29(32)38-22(5)34/h7-13,16,20,24,26-29,35H,1,14-15,17-18H2,2-6H3. The van der Waals surface area contributed by atoms with Crippen molar-refractivity contribution in [2.45, 2.75) is 84.7 Å². The third-order valence-electron chi connectivity index (χ3n) is 9.32. The van der Waals surface area contributed by atoms with Crippen molar-refractivity contribution in [2.75, 3.05) is 0 Å². The minimum atomic E-state index is -0.966. The quantitative estimate of drug-likeness (QED) is 0.217. The number of ether oxygens (including phenoxy) is 3. The number of carbonyl (C=O) groups excluding carboxylic acids is 3. The molecule has 0 heterocycles. The highest BCUT2D eigenvalue weighted by Crippen LogP contribution is 2.68. The maximum atomic E-state index is 13.4. The molecule has 1 N–H and O–H groups in total. The van der Waals surface area contributed by atoms with E-state index in [2.05, 4.69) is 26.5 Å². The van der Waals surface area contributed by atoms with Crippen molar-refractivity contribution >= 4 is 17.9 Å². The largest absolute Gasteiger partial charge is 0.461 e. The third kappa shape index (κ3) is 5.21. The summed E-state index contributed by atoms with van der Waals surface area (Å²) in [5.74, 6) is -1.54. The van der Waals surface area contributed by atoms with Gasteiger partial charge in [0.2, 0.25) is 0 Å². The van der Waals surface area contributed by atoms with E-state index in [1.165, 1.54) is 13.8 Å². The van der Waals surface area contributed by atoms with Crippen LogP contribution in [0, 0.1) is 22.7 Å². The van der Waals surface area contributed by atoms with Crippen molar-refractivity contribution in [3.05, 3.63) is 71.8 Å². The molecule has 0 amide bonds. The van der Waals surface area contributed by atoms with Crippen LogP contribution in [-0.2, 0) is 23.8 Å². The van der Waals surface area contributed by atoms with Crippen LogP contribution in [0.5, 0.6) is 0 Å². The lowest BCUT2D eigenvalue weighted by atomic mass is 9.44. The summed E-state index contributed by atoms with van der Waals surface area (Å²) < 4.78 is 18.1. The van der Waals surface area contributed by atoms with Crippen molar-refractivity contribution in [1.29, 1.82) is 0 Å². The van der Waals surface area contributed by atoms with Crippen LogP contribution < -0.4 is 0 Å². The molecule has 1 aromatic rings. The minimum absolute atomic E-state index is 0.0906. The molecule has 7 nitrogen and oxygen atoms in total. The first kappa shape index (κ1) is 28.8. The van der Waals surface area contributed by atoms with Crippen molar-refractivity contribution in [3.63, 3.8) is 0 Å². The Morgan fingerprint density at radius 1 is 1.00 bits per heavy atom. The van der Waals surface area contributed by atoms with Crippen molar-refractivity contribution in [1.82, 2.24) is 0 Å². The first-order valence-corrected chi connectivity index (χ1v) is 13.7. The van der Waals surface area contributed by atoms with Gasteiger partial charge in [-0.1, -0.05) is 62.4 Å². The summed E-state index contributed by atoms with van der Waals surface area (Å²) in [4.78, 5) is 38.0. The molecule has 2 saturated carbocycles. The van der Waals surface area contributed by atoms with Gasteiger partial charge in [-0.05, 0) is 61.1 Å². The smallest absolute Gasteiger partial charge is 0.338 e. The predicted octanol–water partition coefficient (Wildman–Crippen LogP) is 5.34. The third-order valence-corrected chi connectivity index (χ3v) is 9.32. The summed E-state index contributed by atoms with van der Waals surface area (Å²) in [6.45, 7) is 12.9. The second kappa shape index (κ2) is 11.1. The summed E-state index contributed by atoms with van der Waals surface area (Å²) in [5, 5.41) is 11.1. The molecule has 0 aliphatic heterocycles. The molecule has 2 fully saturated rings. The van der Waals surface area contributed by atoms with E-state index in [4.69, 9.17) is 14.2 Å². The highest BCUT2D eigenvalue weighted by Gasteiger charge is 2.71. The molecule has 3 aliphatic rings. The van der Waals surface area contributed by atoms with E-state index in [0.29, 0.717) is 30.4 Å². The predicted molar refractivity (Wildman–Crippen MR) is 146 cm³/mol.